The third-order valence-electron chi connectivity index (χ3n) is 2.94. The van der Waals surface area contributed by atoms with E-state index in [4.69, 9.17) is 17.3 Å². The maximum Gasteiger partial charge on any atom is 0.287 e. The third kappa shape index (κ3) is 2.45. The molecule has 17 heavy (non-hydrogen) atoms. The average Bonchev–Trinajstić information content (AvgIpc) is 2.28. The highest BCUT2D eigenvalue weighted by Gasteiger charge is 2.26. The maximum atomic E-state index is 11.9. The van der Waals surface area contributed by atoms with E-state index in [-0.39, 0.29) is 16.6 Å². The third-order valence-corrected chi connectivity index (χ3v) is 3.30. The largest absolute Gasteiger partial charge is 0.366 e. The molecule has 0 aliphatic carbocycles. The predicted molar refractivity (Wildman–Crippen MR) is 68.6 cm³/mol. The van der Waals surface area contributed by atoms with Gasteiger partial charge in [-0.1, -0.05) is 24.9 Å². The van der Waals surface area contributed by atoms with Gasteiger partial charge in [0.2, 0.25) is 0 Å². The molecule has 1 aliphatic rings. The summed E-state index contributed by atoms with van der Waals surface area (Å²) in [6, 6.07) is 0.175. The van der Waals surface area contributed by atoms with Crippen LogP contribution in [0, 0.1) is 0 Å². The van der Waals surface area contributed by atoms with E-state index < -0.39 is 0 Å². The number of hydrogen-bond donors (Lipinski definition) is 1. The quantitative estimate of drug-likeness (QED) is 0.867. The zero-order chi connectivity index (χ0) is 12.4. The zero-order valence-corrected chi connectivity index (χ0v) is 10.7. The van der Waals surface area contributed by atoms with Crippen LogP contribution in [0.5, 0.6) is 0 Å². The molecular weight excluding hydrogens is 240 g/mol. The molecule has 2 heterocycles. The van der Waals surface area contributed by atoms with Crippen molar-refractivity contribution in [2.75, 3.05) is 18.0 Å². The summed E-state index contributed by atoms with van der Waals surface area (Å²) in [4.78, 5) is 13.9. The monoisotopic (exact) mass is 256 g/mol. The summed E-state index contributed by atoms with van der Waals surface area (Å²) < 4.78 is 1.43. The van der Waals surface area contributed by atoms with Gasteiger partial charge in [0, 0.05) is 25.7 Å². The van der Waals surface area contributed by atoms with Crippen LogP contribution in [-0.4, -0.2) is 28.9 Å². The number of unbranched alkanes of at least 4 members (excludes halogenated alkanes) is 1. The van der Waals surface area contributed by atoms with E-state index in [0.29, 0.717) is 12.2 Å². The standard InChI is InChI=1S/C11H17ClN4O/c1-2-3-4-16-11(17)10(12)9(5-14-16)15-6-8(13)7-15/h5,8H,2-4,6-7,13H2,1H3. The Labute approximate surface area is 105 Å². The molecule has 0 radical (unpaired) electrons. The fourth-order valence-corrected chi connectivity index (χ4v) is 2.12. The molecule has 6 heteroatoms. The Balaban J connectivity index is 2.20. The lowest BCUT2D eigenvalue weighted by Crippen LogP contribution is -2.56. The number of anilines is 1. The zero-order valence-electron chi connectivity index (χ0n) is 9.90. The van der Waals surface area contributed by atoms with E-state index in [1.807, 2.05) is 4.90 Å². The first-order chi connectivity index (χ1) is 8.13. The SMILES string of the molecule is CCCCn1ncc(N2CC(N)C2)c(Cl)c1=O. The van der Waals surface area contributed by atoms with Crippen LogP contribution < -0.4 is 16.2 Å². The molecular formula is C11H17ClN4O. The molecule has 1 fully saturated rings. The number of aromatic nitrogens is 2. The summed E-state index contributed by atoms with van der Waals surface area (Å²) >= 11 is 6.08. The Morgan fingerprint density at radius 2 is 2.29 bits per heavy atom. The number of rotatable bonds is 4. The van der Waals surface area contributed by atoms with Crippen molar-refractivity contribution in [3.63, 3.8) is 0 Å². The number of hydrogen-bond acceptors (Lipinski definition) is 4. The van der Waals surface area contributed by atoms with Crippen LogP contribution >= 0.6 is 11.6 Å². The van der Waals surface area contributed by atoms with E-state index in [9.17, 15) is 4.79 Å². The molecule has 0 saturated carbocycles. The fourth-order valence-electron chi connectivity index (χ4n) is 1.85. The van der Waals surface area contributed by atoms with E-state index in [2.05, 4.69) is 12.0 Å². The molecule has 0 spiro atoms. The van der Waals surface area contributed by atoms with Gasteiger partial charge in [0.25, 0.3) is 5.56 Å². The van der Waals surface area contributed by atoms with Crippen LogP contribution in [0.25, 0.3) is 0 Å². The minimum absolute atomic E-state index is 0.175. The van der Waals surface area contributed by atoms with Crippen molar-refractivity contribution in [1.29, 1.82) is 0 Å². The van der Waals surface area contributed by atoms with Crippen LogP contribution in [0.4, 0.5) is 5.69 Å². The lowest BCUT2D eigenvalue weighted by Gasteiger charge is -2.38. The summed E-state index contributed by atoms with van der Waals surface area (Å²) in [6.45, 7) is 4.16. The lowest BCUT2D eigenvalue weighted by molar-refractivity contribution is 0.509. The molecule has 0 amide bonds. The summed E-state index contributed by atoms with van der Waals surface area (Å²) in [7, 11) is 0. The van der Waals surface area contributed by atoms with Gasteiger partial charge >= 0.3 is 0 Å². The Morgan fingerprint density at radius 3 is 2.88 bits per heavy atom. The van der Waals surface area contributed by atoms with Crippen LogP contribution in [0.3, 0.4) is 0 Å². The van der Waals surface area contributed by atoms with E-state index >= 15 is 0 Å². The Morgan fingerprint density at radius 1 is 1.59 bits per heavy atom. The smallest absolute Gasteiger partial charge is 0.287 e. The molecule has 1 aromatic rings. The molecule has 0 bridgehead atoms. The van der Waals surface area contributed by atoms with E-state index in [1.54, 1.807) is 6.20 Å². The van der Waals surface area contributed by atoms with Gasteiger partial charge in [-0.2, -0.15) is 5.10 Å². The van der Waals surface area contributed by atoms with E-state index in [0.717, 1.165) is 25.9 Å². The van der Waals surface area contributed by atoms with Gasteiger partial charge in [0.05, 0.1) is 11.9 Å². The molecule has 5 nitrogen and oxygen atoms in total. The predicted octanol–water partition coefficient (Wildman–Crippen LogP) is 0.844. The first-order valence-corrected chi connectivity index (χ1v) is 6.27. The Kier molecular flexibility index (Phi) is 3.69. The molecule has 2 N–H and O–H groups in total. The lowest BCUT2D eigenvalue weighted by atomic mass is 10.1. The number of halogens is 1. The summed E-state index contributed by atoms with van der Waals surface area (Å²) in [5, 5.41) is 4.39. The van der Waals surface area contributed by atoms with Crippen molar-refractivity contribution >= 4 is 17.3 Å². The molecule has 0 atom stereocenters. The van der Waals surface area contributed by atoms with Crippen LogP contribution in [0.15, 0.2) is 11.0 Å². The average molecular weight is 257 g/mol. The van der Waals surface area contributed by atoms with E-state index in [1.165, 1.54) is 4.68 Å². The van der Waals surface area contributed by atoms with Gasteiger partial charge < -0.3 is 10.6 Å². The van der Waals surface area contributed by atoms with Gasteiger partial charge in [0.15, 0.2) is 0 Å². The number of nitrogens with zero attached hydrogens (tertiary/aromatic N) is 3. The summed E-state index contributed by atoms with van der Waals surface area (Å²) in [5.74, 6) is 0. The molecule has 0 unspecified atom stereocenters. The van der Waals surface area contributed by atoms with Gasteiger partial charge in [0.1, 0.15) is 5.02 Å². The topological polar surface area (TPSA) is 64.2 Å². The number of aryl methyl sites for hydroxylation is 1. The van der Waals surface area contributed by atoms with Crippen molar-refractivity contribution in [3.05, 3.63) is 21.6 Å². The second-order valence-electron chi connectivity index (χ2n) is 4.39. The minimum atomic E-state index is -0.210. The summed E-state index contributed by atoms with van der Waals surface area (Å²) in [5.41, 5.74) is 6.19. The van der Waals surface area contributed by atoms with Crippen molar-refractivity contribution in [1.82, 2.24) is 9.78 Å². The second-order valence-corrected chi connectivity index (χ2v) is 4.77. The first-order valence-electron chi connectivity index (χ1n) is 5.89. The first kappa shape index (κ1) is 12.4. The maximum absolute atomic E-state index is 11.9. The minimum Gasteiger partial charge on any atom is -0.366 e. The van der Waals surface area contributed by atoms with Crippen LogP contribution in [0.2, 0.25) is 5.02 Å². The van der Waals surface area contributed by atoms with Crippen molar-refractivity contribution < 1.29 is 0 Å². The normalized spacial score (nSPS) is 16.1. The van der Waals surface area contributed by atoms with Crippen molar-refractivity contribution in [2.45, 2.75) is 32.4 Å². The van der Waals surface area contributed by atoms with Crippen LogP contribution in [0.1, 0.15) is 19.8 Å². The highest BCUT2D eigenvalue weighted by atomic mass is 35.5. The van der Waals surface area contributed by atoms with Gasteiger partial charge in [-0.15, -0.1) is 0 Å². The number of nitrogens with two attached hydrogens (primary N) is 1. The molecule has 1 saturated heterocycles. The van der Waals surface area contributed by atoms with Crippen LogP contribution in [-0.2, 0) is 6.54 Å². The Hall–Kier alpha value is -1.07. The Bertz CT molecular complexity index is 453. The molecule has 94 valence electrons. The highest BCUT2D eigenvalue weighted by molar-refractivity contribution is 6.33. The highest BCUT2D eigenvalue weighted by Crippen LogP contribution is 2.24. The van der Waals surface area contributed by atoms with Crippen molar-refractivity contribution in [3.8, 4) is 0 Å². The van der Waals surface area contributed by atoms with Crippen molar-refractivity contribution in [2.24, 2.45) is 5.73 Å². The van der Waals surface area contributed by atoms with Gasteiger partial charge in [-0.05, 0) is 6.42 Å². The second kappa shape index (κ2) is 5.06. The molecule has 2 rings (SSSR count). The van der Waals surface area contributed by atoms with Gasteiger partial charge in [-0.3, -0.25) is 4.79 Å². The molecule has 1 aliphatic heterocycles. The summed E-state index contributed by atoms with van der Waals surface area (Å²) in [6.07, 6.45) is 3.61. The van der Waals surface area contributed by atoms with Gasteiger partial charge in [-0.25, -0.2) is 4.68 Å². The fraction of sp³-hybridized carbons (Fsp3) is 0.636. The molecule has 1 aromatic heterocycles. The molecule has 0 aromatic carbocycles.